The number of ether oxygens (including phenoxy) is 1. The zero-order valence-electron chi connectivity index (χ0n) is 11.5. The Hall–Kier alpha value is -2.30. The molecule has 2 N–H and O–H groups in total. The van der Waals surface area contributed by atoms with E-state index in [1.807, 2.05) is 30.3 Å². The Bertz CT molecular complexity index is 609. The molecule has 3 rings (SSSR count). The highest BCUT2D eigenvalue weighted by Crippen LogP contribution is 2.28. The first-order valence-corrected chi connectivity index (χ1v) is 6.74. The van der Waals surface area contributed by atoms with E-state index in [-0.39, 0.29) is 5.91 Å². The number of aromatic nitrogens is 2. The van der Waals surface area contributed by atoms with Crippen LogP contribution in [0.5, 0.6) is 5.75 Å². The monoisotopic (exact) mass is 271 g/mol. The van der Waals surface area contributed by atoms with Gasteiger partial charge < -0.3 is 10.1 Å². The topological polar surface area (TPSA) is 67.0 Å². The van der Waals surface area contributed by atoms with Crippen molar-refractivity contribution in [1.82, 2.24) is 10.2 Å². The van der Waals surface area contributed by atoms with Crippen LogP contribution in [0.1, 0.15) is 31.0 Å². The lowest BCUT2D eigenvalue weighted by Crippen LogP contribution is -2.31. The molecule has 1 amide bonds. The summed E-state index contributed by atoms with van der Waals surface area (Å²) in [5.74, 6) is 1.51. The van der Waals surface area contributed by atoms with Crippen molar-refractivity contribution in [2.75, 3.05) is 5.32 Å². The minimum atomic E-state index is -0.480. The molecule has 2 aromatic rings. The van der Waals surface area contributed by atoms with Crippen LogP contribution in [0.4, 0.5) is 5.82 Å². The SMILES string of the molecule is CC(C)c1cc(NC(=O)C2Cc3ccccc3O2)n[nH]1. The number of hydrogen-bond acceptors (Lipinski definition) is 3. The van der Waals surface area contributed by atoms with E-state index in [1.54, 1.807) is 0 Å². The Morgan fingerprint density at radius 2 is 2.25 bits per heavy atom. The molecule has 1 aromatic carbocycles. The van der Waals surface area contributed by atoms with E-state index in [1.165, 1.54) is 0 Å². The zero-order chi connectivity index (χ0) is 14.1. The number of hydrogen-bond donors (Lipinski definition) is 2. The molecule has 0 bridgehead atoms. The first kappa shape index (κ1) is 12.7. The first-order valence-electron chi connectivity index (χ1n) is 6.74. The van der Waals surface area contributed by atoms with Gasteiger partial charge in [-0.15, -0.1) is 0 Å². The number of amides is 1. The average Bonchev–Trinajstić information content (AvgIpc) is 3.04. The molecule has 1 atom stereocenters. The van der Waals surface area contributed by atoms with Gasteiger partial charge in [-0.25, -0.2) is 0 Å². The number of para-hydroxylation sites is 1. The molecule has 1 aliphatic rings. The van der Waals surface area contributed by atoms with Crippen molar-refractivity contribution in [1.29, 1.82) is 0 Å². The van der Waals surface area contributed by atoms with Crippen LogP contribution in [0, 0.1) is 0 Å². The van der Waals surface area contributed by atoms with Gasteiger partial charge in [0, 0.05) is 18.2 Å². The van der Waals surface area contributed by atoms with Crippen LogP contribution in [-0.4, -0.2) is 22.2 Å². The Labute approximate surface area is 117 Å². The summed E-state index contributed by atoms with van der Waals surface area (Å²) in [4.78, 5) is 12.2. The highest BCUT2D eigenvalue weighted by molar-refractivity contribution is 5.94. The maximum atomic E-state index is 12.2. The quantitative estimate of drug-likeness (QED) is 0.901. The summed E-state index contributed by atoms with van der Waals surface area (Å²) < 4.78 is 5.65. The van der Waals surface area contributed by atoms with Gasteiger partial charge in [0.25, 0.3) is 5.91 Å². The lowest BCUT2D eigenvalue weighted by atomic mass is 10.1. The van der Waals surface area contributed by atoms with E-state index in [0.717, 1.165) is 17.0 Å². The number of aromatic amines is 1. The zero-order valence-corrected chi connectivity index (χ0v) is 11.5. The maximum Gasteiger partial charge on any atom is 0.266 e. The van der Waals surface area contributed by atoms with E-state index >= 15 is 0 Å². The average molecular weight is 271 g/mol. The predicted molar refractivity (Wildman–Crippen MR) is 75.9 cm³/mol. The third kappa shape index (κ3) is 2.39. The van der Waals surface area contributed by atoms with Gasteiger partial charge in [0.15, 0.2) is 11.9 Å². The first-order chi connectivity index (χ1) is 9.63. The fourth-order valence-corrected chi connectivity index (χ4v) is 2.23. The highest BCUT2D eigenvalue weighted by atomic mass is 16.5. The summed E-state index contributed by atoms with van der Waals surface area (Å²) in [6.07, 6.45) is 0.121. The number of carbonyl (C=O) groups is 1. The lowest BCUT2D eigenvalue weighted by molar-refractivity contribution is -0.122. The fourth-order valence-electron chi connectivity index (χ4n) is 2.23. The van der Waals surface area contributed by atoms with E-state index in [0.29, 0.717) is 18.2 Å². The minimum Gasteiger partial charge on any atom is -0.480 e. The molecule has 0 radical (unpaired) electrons. The molecule has 0 saturated heterocycles. The maximum absolute atomic E-state index is 12.2. The van der Waals surface area contributed by atoms with Gasteiger partial charge in [0.1, 0.15) is 5.75 Å². The number of anilines is 1. The minimum absolute atomic E-state index is 0.164. The van der Waals surface area contributed by atoms with Gasteiger partial charge in [-0.2, -0.15) is 5.10 Å². The van der Waals surface area contributed by atoms with Gasteiger partial charge in [-0.1, -0.05) is 32.0 Å². The molecule has 5 nitrogen and oxygen atoms in total. The summed E-state index contributed by atoms with van der Waals surface area (Å²) >= 11 is 0. The normalized spacial score (nSPS) is 16.9. The highest BCUT2D eigenvalue weighted by Gasteiger charge is 2.29. The second kappa shape index (κ2) is 5.00. The molecule has 5 heteroatoms. The third-order valence-electron chi connectivity index (χ3n) is 3.41. The van der Waals surface area contributed by atoms with Crippen LogP contribution >= 0.6 is 0 Å². The van der Waals surface area contributed by atoms with Crippen molar-refractivity contribution in [2.24, 2.45) is 0 Å². The van der Waals surface area contributed by atoms with Crippen molar-refractivity contribution >= 4 is 11.7 Å². The van der Waals surface area contributed by atoms with Crippen LogP contribution in [0.15, 0.2) is 30.3 Å². The van der Waals surface area contributed by atoms with Crippen molar-refractivity contribution in [3.63, 3.8) is 0 Å². The van der Waals surface area contributed by atoms with Gasteiger partial charge in [-0.05, 0) is 17.5 Å². The van der Waals surface area contributed by atoms with Crippen LogP contribution < -0.4 is 10.1 Å². The number of rotatable bonds is 3. The van der Waals surface area contributed by atoms with E-state index in [9.17, 15) is 4.79 Å². The summed E-state index contributed by atoms with van der Waals surface area (Å²) in [5, 5.41) is 9.79. The van der Waals surface area contributed by atoms with Crippen molar-refractivity contribution in [3.05, 3.63) is 41.6 Å². The number of nitrogens with one attached hydrogen (secondary N) is 2. The molecule has 2 heterocycles. The molecule has 0 aliphatic carbocycles. The van der Waals surface area contributed by atoms with E-state index in [2.05, 4.69) is 29.4 Å². The molecule has 1 unspecified atom stereocenters. The molecule has 1 aliphatic heterocycles. The number of nitrogens with zero attached hydrogens (tertiary/aromatic N) is 1. The van der Waals surface area contributed by atoms with Crippen LogP contribution in [0.2, 0.25) is 0 Å². The Morgan fingerprint density at radius 3 is 2.95 bits per heavy atom. The standard InChI is InChI=1S/C15H17N3O2/c1-9(2)11-8-14(18-17-11)16-15(19)13-7-10-5-3-4-6-12(10)20-13/h3-6,8-9,13H,7H2,1-2H3,(H2,16,17,18,19). The van der Waals surface area contributed by atoms with Gasteiger partial charge in [-0.3, -0.25) is 9.89 Å². The van der Waals surface area contributed by atoms with Crippen molar-refractivity contribution in [3.8, 4) is 5.75 Å². The fraction of sp³-hybridized carbons (Fsp3) is 0.333. The largest absolute Gasteiger partial charge is 0.480 e. The van der Waals surface area contributed by atoms with E-state index < -0.39 is 6.10 Å². The summed E-state index contributed by atoms with van der Waals surface area (Å²) in [5.41, 5.74) is 2.06. The number of carbonyl (C=O) groups excluding carboxylic acids is 1. The summed E-state index contributed by atoms with van der Waals surface area (Å²) in [7, 11) is 0. The van der Waals surface area contributed by atoms with Crippen LogP contribution in [0.3, 0.4) is 0 Å². The molecule has 0 spiro atoms. The van der Waals surface area contributed by atoms with Crippen LogP contribution in [0.25, 0.3) is 0 Å². The van der Waals surface area contributed by atoms with Crippen LogP contribution in [-0.2, 0) is 11.2 Å². The number of fused-ring (bicyclic) bond motifs is 1. The predicted octanol–water partition coefficient (Wildman–Crippen LogP) is 2.48. The van der Waals surface area contributed by atoms with Gasteiger partial charge in [0.05, 0.1) is 0 Å². The molecular formula is C15H17N3O2. The molecular weight excluding hydrogens is 254 g/mol. The Morgan fingerprint density at radius 1 is 1.45 bits per heavy atom. The smallest absolute Gasteiger partial charge is 0.266 e. The third-order valence-corrected chi connectivity index (χ3v) is 3.41. The van der Waals surface area contributed by atoms with Gasteiger partial charge in [0.2, 0.25) is 0 Å². The molecule has 104 valence electrons. The number of benzene rings is 1. The summed E-state index contributed by atoms with van der Waals surface area (Å²) in [6.45, 7) is 4.13. The molecule has 0 saturated carbocycles. The van der Waals surface area contributed by atoms with Crippen molar-refractivity contribution in [2.45, 2.75) is 32.3 Å². The Balaban J connectivity index is 1.66. The Kier molecular flexibility index (Phi) is 3.18. The van der Waals surface area contributed by atoms with E-state index in [4.69, 9.17) is 4.74 Å². The molecule has 1 aromatic heterocycles. The van der Waals surface area contributed by atoms with Gasteiger partial charge >= 0.3 is 0 Å². The molecule has 0 fully saturated rings. The van der Waals surface area contributed by atoms with Crippen molar-refractivity contribution < 1.29 is 9.53 Å². The second-order valence-electron chi connectivity index (χ2n) is 5.27. The lowest BCUT2D eigenvalue weighted by Gasteiger charge is -2.09. The number of H-pyrrole nitrogens is 1. The second-order valence-corrected chi connectivity index (χ2v) is 5.27. The molecule has 20 heavy (non-hydrogen) atoms. The summed E-state index contributed by atoms with van der Waals surface area (Å²) in [6, 6.07) is 9.57.